The topological polar surface area (TPSA) is 18.5 Å². The third-order valence-corrected chi connectivity index (χ3v) is 1.15. The molecule has 0 fully saturated rings. The van der Waals surface area contributed by atoms with E-state index in [1.807, 2.05) is 0 Å². The zero-order valence-electron chi connectivity index (χ0n) is 7.97. The second kappa shape index (κ2) is 3.63. The second-order valence-electron chi connectivity index (χ2n) is 3.48. The summed E-state index contributed by atoms with van der Waals surface area (Å²) in [5, 5.41) is 0. The molecule has 2 nitrogen and oxygen atoms in total. The molecule has 0 saturated heterocycles. The Balaban J connectivity index is 4.04. The Kier molecular flexibility index (Phi) is 3.34. The molecule has 0 N–H and O–H groups in total. The van der Waals surface area contributed by atoms with Crippen LogP contribution in [0.25, 0.3) is 0 Å². The maximum absolute atomic E-state index is 5.17. The third kappa shape index (κ3) is 4.03. The lowest BCUT2D eigenvalue weighted by Crippen LogP contribution is -2.30. The van der Waals surface area contributed by atoms with Crippen molar-refractivity contribution in [1.29, 1.82) is 0 Å². The SMILES string of the molecule is C#CC(C)(C)OOC(C)(C)C#C. The van der Waals surface area contributed by atoms with Gasteiger partial charge in [-0.3, -0.25) is 0 Å². The van der Waals surface area contributed by atoms with Crippen LogP contribution in [0.2, 0.25) is 0 Å². The van der Waals surface area contributed by atoms with E-state index in [4.69, 9.17) is 22.6 Å². The monoisotopic (exact) mass is 166 g/mol. The highest BCUT2D eigenvalue weighted by molar-refractivity contribution is 5.04. The molecule has 0 rings (SSSR count). The Bertz CT molecular complexity index is 199. The molecule has 12 heavy (non-hydrogen) atoms. The molecule has 0 bridgehead atoms. The molecule has 0 aromatic heterocycles. The third-order valence-electron chi connectivity index (χ3n) is 1.15. The fraction of sp³-hybridized carbons (Fsp3) is 0.600. The minimum Gasteiger partial charge on any atom is -0.216 e. The molecular formula is C10H14O2. The largest absolute Gasteiger partial charge is 0.216 e. The Morgan fingerprint density at radius 2 is 1.08 bits per heavy atom. The molecule has 0 aliphatic heterocycles. The van der Waals surface area contributed by atoms with Crippen LogP contribution in [0.15, 0.2) is 0 Å². The van der Waals surface area contributed by atoms with Gasteiger partial charge in [-0.05, 0) is 27.7 Å². The highest BCUT2D eigenvalue weighted by Crippen LogP contribution is 2.14. The zero-order valence-corrected chi connectivity index (χ0v) is 7.97. The van der Waals surface area contributed by atoms with E-state index in [2.05, 4.69) is 11.8 Å². The lowest BCUT2D eigenvalue weighted by Gasteiger charge is -2.23. The van der Waals surface area contributed by atoms with Gasteiger partial charge in [0.25, 0.3) is 0 Å². The first kappa shape index (κ1) is 11.0. The normalized spacial score (nSPS) is 11.8. The molecule has 0 atom stereocenters. The second-order valence-corrected chi connectivity index (χ2v) is 3.48. The lowest BCUT2D eigenvalue weighted by atomic mass is 10.1. The Labute approximate surface area is 74.2 Å². The maximum Gasteiger partial charge on any atom is 0.158 e. The van der Waals surface area contributed by atoms with E-state index in [9.17, 15) is 0 Å². The van der Waals surface area contributed by atoms with Gasteiger partial charge in [-0.2, -0.15) is 0 Å². The van der Waals surface area contributed by atoms with Crippen molar-refractivity contribution in [3.8, 4) is 24.7 Å². The molecule has 66 valence electrons. The molecule has 0 aliphatic rings. The zero-order chi connectivity index (χ0) is 9.83. The van der Waals surface area contributed by atoms with E-state index in [-0.39, 0.29) is 0 Å². The molecule has 0 heterocycles. The van der Waals surface area contributed by atoms with Crippen molar-refractivity contribution < 1.29 is 9.78 Å². The van der Waals surface area contributed by atoms with Crippen molar-refractivity contribution in [1.82, 2.24) is 0 Å². The van der Waals surface area contributed by atoms with E-state index in [1.165, 1.54) is 0 Å². The van der Waals surface area contributed by atoms with Gasteiger partial charge in [0.2, 0.25) is 0 Å². The first-order chi connectivity index (χ1) is 5.33. The summed E-state index contributed by atoms with van der Waals surface area (Å²) in [5.41, 5.74) is -1.48. The summed E-state index contributed by atoms with van der Waals surface area (Å²) in [7, 11) is 0. The van der Waals surface area contributed by atoms with Crippen LogP contribution in [0.4, 0.5) is 0 Å². The summed E-state index contributed by atoms with van der Waals surface area (Å²) >= 11 is 0. The molecule has 0 unspecified atom stereocenters. The summed E-state index contributed by atoms with van der Waals surface area (Å²) in [5.74, 6) is 4.84. The van der Waals surface area contributed by atoms with Crippen molar-refractivity contribution in [2.24, 2.45) is 0 Å². The molecule has 0 aromatic rings. The summed E-state index contributed by atoms with van der Waals surface area (Å²) in [6.07, 6.45) is 10.3. The van der Waals surface area contributed by atoms with Gasteiger partial charge in [-0.25, -0.2) is 9.78 Å². The highest BCUT2D eigenvalue weighted by atomic mass is 17.2. The van der Waals surface area contributed by atoms with Crippen LogP contribution in [0, 0.1) is 24.7 Å². The summed E-state index contributed by atoms with van der Waals surface area (Å²) in [6, 6.07) is 0. The quantitative estimate of drug-likeness (QED) is 0.361. The predicted octanol–water partition coefficient (Wildman–Crippen LogP) is 1.76. The van der Waals surface area contributed by atoms with Crippen LogP contribution >= 0.6 is 0 Å². The van der Waals surface area contributed by atoms with E-state index in [0.29, 0.717) is 0 Å². The van der Waals surface area contributed by atoms with Gasteiger partial charge in [-0.15, -0.1) is 12.8 Å². The summed E-state index contributed by atoms with van der Waals surface area (Å²) in [4.78, 5) is 9.91. The number of hydrogen-bond acceptors (Lipinski definition) is 2. The van der Waals surface area contributed by atoms with Crippen LogP contribution < -0.4 is 0 Å². The molecule has 0 radical (unpaired) electrons. The van der Waals surface area contributed by atoms with Crippen molar-refractivity contribution in [3.63, 3.8) is 0 Å². The molecular weight excluding hydrogens is 152 g/mol. The van der Waals surface area contributed by atoms with Gasteiger partial charge in [0.1, 0.15) is 0 Å². The first-order valence-corrected chi connectivity index (χ1v) is 3.65. The van der Waals surface area contributed by atoms with Gasteiger partial charge in [0.15, 0.2) is 11.2 Å². The fourth-order valence-corrected chi connectivity index (χ4v) is 0.256. The van der Waals surface area contributed by atoms with Crippen molar-refractivity contribution in [3.05, 3.63) is 0 Å². The standard InChI is InChI=1S/C10H14O2/c1-7-9(3,4)11-12-10(5,6)8-2/h1-2H,3-6H3. The van der Waals surface area contributed by atoms with Crippen LogP contribution in [-0.4, -0.2) is 11.2 Å². The van der Waals surface area contributed by atoms with Crippen LogP contribution in [0.1, 0.15) is 27.7 Å². The smallest absolute Gasteiger partial charge is 0.158 e. The molecule has 0 aromatic carbocycles. The molecule has 2 heteroatoms. The molecule has 0 aliphatic carbocycles. The van der Waals surface area contributed by atoms with E-state index in [1.54, 1.807) is 27.7 Å². The number of terminal acetylenes is 2. The summed E-state index contributed by atoms with van der Waals surface area (Å²) < 4.78 is 0. The predicted molar refractivity (Wildman–Crippen MR) is 48.0 cm³/mol. The number of hydrogen-bond donors (Lipinski definition) is 0. The first-order valence-electron chi connectivity index (χ1n) is 3.65. The van der Waals surface area contributed by atoms with Crippen LogP contribution in [-0.2, 0) is 9.78 Å². The maximum atomic E-state index is 5.17. The van der Waals surface area contributed by atoms with Gasteiger partial charge < -0.3 is 0 Å². The van der Waals surface area contributed by atoms with Gasteiger partial charge in [0.05, 0.1) is 0 Å². The highest BCUT2D eigenvalue weighted by Gasteiger charge is 2.22. The number of rotatable bonds is 3. The Morgan fingerprint density at radius 1 is 0.833 bits per heavy atom. The van der Waals surface area contributed by atoms with Crippen molar-refractivity contribution in [2.75, 3.05) is 0 Å². The fourth-order valence-electron chi connectivity index (χ4n) is 0.256. The van der Waals surface area contributed by atoms with Crippen molar-refractivity contribution in [2.45, 2.75) is 38.9 Å². The van der Waals surface area contributed by atoms with E-state index >= 15 is 0 Å². The van der Waals surface area contributed by atoms with Crippen molar-refractivity contribution >= 4 is 0 Å². The van der Waals surface area contributed by atoms with Crippen LogP contribution in [0.5, 0.6) is 0 Å². The Hall–Kier alpha value is -0.960. The minimum absolute atomic E-state index is 0.742. The van der Waals surface area contributed by atoms with E-state index < -0.39 is 11.2 Å². The molecule has 0 saturated carbocycles. The van der Waals surface area contributed by atoms with E-state index in [0.717, 1.165) is 0 Å². The van der Waals surface area contributed by atoms with Gasteiger partial charge in [-0.1, -0.05) is 11.8 Å². The van der Waals surface area contributed by atoms with Gasteiger partial charge >= 0.3 is 0 Å². The Morgan fingerprint density at radius 3 is 1.25 bits per heavy atom. The summed E-state index contributed by atoms with van der Waals surface area (Å²) in [6.45, 7) is 6.89. The molecule has 0 spiro atoms. The molecule has 0 amide bonds. The minimum atomic E-state index is -0.742. The van der Waals surface area contributed by atoms with Crippen LogP contribution in [0.3, 0.4) is 0 Å². The average molecular weight is 166 g/mol. The lowest BCUT2D eigenvalue weighted by molar-refractivity contribution is -0.374. The van der Waals surface area contributed by atoms with Gasteiger partial charge in [0, 0.05) is 0 Å². The average Bonchev–Trinajstić information content (AvgIpc) is 2.02.